The van der Waals surface area contributed by atoms with E-state index in [0.717, 1.165) is 17.7 Å². The second-order valence-corrected chi connectivity index (χ2v) is 6.53. The highest BCUT2D eigenvalue weighted by molar-refractivity contribution is 5.93. The van der Waals surface area contributed by atoms with Crippen molar-refractivity contribution in [1.29, 1.82) is 0 Å². The Hall–Kier alpha value is -3.21. The van der Waals surface area contributed by atoms with Gasteiger partial charge in [-0.15, -0.1) is 0 Å². The number of aromatic nitrogens is 2. The number of nitrogens with zero attached hydrogens (tertiary/aromatic N) is 3. The molecule has 3 aromatic rings. The summed E-state index contributed by atoms with van der Waals surface area (Å²) in [6, 6.07) is 18.0. The van der Waals surface area contributed by atoms with Gasteiger partial charge in [-0.25, -0.2) is 9.97 Å². The molecular formula is C21H20N4O. The molecule has 26 heavy (non-hydrogen) atoms. The Labute approximate surface area is 152 Å². The highest BCUT2D eigenvalue weighted by Gasteiger charge is 2.22. The molecule has 5 heteroatoms. The van der Waals surface area contributed by atoms with Gasteiger partial charge in [0.15, 0.2) is 0 Å². The fraction of sp³-hybridized carbons (Fsp3) is 0.190. The standard InChI is InChI=1S/C21H20N4O/c1-15-5-4-8-18(11-15)24-20-12-19(22-14-23-20)21(26)25-10-9-16-6-2-3-7-17(16)13-25/h2-8,11-12,14H,9-10,13H2,1H3,(H,22,23,24). The molecule has 4 rings (SSSR count). The number of amides is 1. The van der Waals surface area contributed by atoms with Gasteiger partial charge in [-0.3, -0.25) is 4.79 Å². The molecule has 1 N–H and O–H groups in total. The number of hydrogen-bond donors (Lipinski definition) is 1. The van der Waals surface area contributed by atoms with E-state index in [0.29, 0.717) is 24.6 Å². The van der Waals surface area contributed by atoms with Crippen LogP contribution >= 0.6 is 0 Å². The first-order chi connectivity index (χ1) is 12.7. The number of nitrogens with one attached hydrogen (secondary N) is 1. The van der Waals surface area contributed by atoms with Crippen molar-refractivity contribution in [3.8, 4) is 0 Å². The highest BCUT2D eigenvalue weighted by atomic mass is 16.2. The monoisotopic (exact) mass is 344 g/mol. The number of fused-ring (bicyclic) bond motifs is 1. The van der Waals surface area contributed by atoms with Gasteiger partial charge in [0.25, 0.3) is 5.91 Å². The summed E-state index contributed by atoms with van der Waals surface area (Å²) < 4.78 is 0. The Morgan fingerprint density at radius 1 is 1.04 bits per heavy atom. The molecule has 0 saturated carbocycles. The summed E-state index contributed by atoms with van der Waals surface area (Å²) in [5.41, 5.74) is 5.04. The minimum Gasteiger partial charge on any atom is -0.340 e. The van der Waals surface area contributed by atoms with Crippen LogP contribution < -0.4 is 5.32 Å². The summed E-state index contributed by atoms with van der Waals surface area (Å²) in [7, 11) is 0. The van der Waals surface area contributed by atoms with Crippen LogP contribution in [-0.4, -0.2) is 27.3 Å². The first-order valence-corrected chi connectivity index (χ1v) is 8.71. The lowest BCUT2D eigenvalue weighted by Gasteiger charge is -2.28. The van der Waals surface area contributed by atoms with Gasteiger partial charge in [-0.1, -0.05) is 36.4 Å². The van der Waals surface area contributed by atoms with Crippen LogP contribution in [0, 0.1) is 6.92 Å². The first kappa shape index (κ1) is 16.3. The molecule has 0 saturated heterocycles. The number of hydrogen-bond acceptors (Lipinski definition) is 4. The molecule has 0 spiro atoms. The van der Waals surface area contributed by atoms with E-state index >= 15 is 0 Å². The zero-order chi connectivity index (χ0) is 17.9. The maximum absolute atomic E-state index is 12.9. The molecule has 0 bridgehead atoms. The van der Waals surface area contributed by atoms with Crippen molar-refractivity contribution in [2.75, 3.05) is 11.9 Å². The van der Waals surface area contributed by atoms with E-state index in [1.807, 2.05) is 48.2 Å². The summed E-state index contributed by atoms with van der Waals surface area (Å²) in [5.74, 6) is 0.556. The molecule has 2 heterocycles. The Morgan fingerprint density at radius 2 is 1.88 bits per heavy atom. The van der Waals surface area contributed by atoms with Gasteiger partial charge in [-0.2, -0.15) is 0 Å². The van der Waals surface area contributed by atoms with Crippen molar-refractivity contribution >= 4 is 17.4 Å². The van der Waals surface area contributed by atoms with E-state index in [-0.39, 0.29) is 5.91 Å². The van der Waals surface area contributed by atoms with Gasteiger partial charge in [0.05, 0.1) is 0 Å². The van der Waals surface area contributed by atoms with Crippen molar-refractivity contribution in [3.05, 3.63) is 83.3 Å². The summed E-state index contributed by atoms with van der Waals surface area (Å²) >= 11 is 0. The van der Waals surface area contributed by atoms with Crippen molar-refractivity contribution in [2.45, 2.75) is 19.9 Å². The van der Waals surface area contributed by atoms with Gasteiger partial charge in [0.1, 0.15) is 17.8 Å². The molecule has 0 fully saturated rings. The molecule has 1 aromatic heterocycles. The Balaban J connectivity index is 1.52. The molecular weight excluding hydrogens is 324 g/mol. The summed E-state index contributed by atoms with van der Waals surface area (Å²) in [5, 5.41) is 3.24. The van der Waals surface area contributed by atoms with Gasteiger partial charge >= 0.3 is 0 Å². The smallest absolute Gasteiger partial charge is 0.272 e. The number of benzene rings is 2. The third kappa shape index (κ3) is 3.42. The van der Waals surface area contributed by atoms with Crippen LogP contribution in [0.4, 0.5) is 11.5 Å². The SMILES string of the molecule is Cc1cccc(Nc2cc(C(=O)N3CCc4ccccc4C3)ncn2)c1. The highest BCUT2D eigenvalue weighted by Crippen LogP contribution is 2.21. The number of carbonyl (C=O) groups is 1. The molecule has 130 valence electrons. The molecule has 5 nitrogen and oxygen atoms in total. The van der Waals surface area contributed by atoms with E-state index in [9.17, 15) is 4.79 Å². The lowest BCUT2D eigenvalue weighted by atomic mass is 10.00. The summed E-state index contributed by atoms with van der Waals surface area (Å²) in [6.07, 6.45) is 2.31. The van der Waals surface area contributed by atoms with Crippen molar-refractivity contribution in [3.63, 3.8) is 0 Å². The first-order valence-electron chi connectivity index (χ1n) is 8.71. The van der Waals surface area contributed by atoms with Crippen LogP contribution in [-0.2, 0) is 13.0 Å². The van der Waals surface area contributed by atoms with E-state index in [1.54, 1.807) is 6.07 Å². The van der Waals surface area contributed by atoms with E-state index in [4.69, 9.17) is 0 Å². The average Bonchev–Trinajstić information content (AvgIpc) is 2.67. The maximum atomic E-state index is 12.9. The van der Waals surface area contributed by atoms with E-state index in [1.165, 1.54) is 17.5 Å². The van der Waals surface area contributed by atoms with Crippen LogP contribution in [0.1, 0.15) is 27.2 Å². The van der Waals surface area contributed by atoms with Gasteiger partial charge in [0, 0.05) is 24.8 Å². The summed E-state index contributed by atoms with van der Waals surface area (Å²) in [4.78, 5) is 23.1. The van der Waals surface area contributed by atoms with E-state index in [2.05, 4.69) is 27.4 Å². The van der Waals surface area contributed by atoms with Crippen LogP contribution in [0.3, 0.4) is 0 Å². The van der Waals surface area contributed by atoms with Crippen molar-refractivity contribution < 1.29 is 4.79 Å². The van der Waals surface area contributed by atoms with Crippen LogP contribution in [0.25, 0.3) is 0 Å². The lowest BCUT2D eigenvalue weighted by molar-refractivity contribution is 0.0728. The fourth-order valence-corrected chi connectivity index (χ4v) is 3.24. The number of rotatable bonds is 3. The molecule has 1 aliphatic heterocycles. The number of carbonyl (C=O) groups excluding carboxylic acids is 1. The third-order valence-electron chi connectivity index (χ3n) is 4.59. The normalized spacial score (nSPS) is 13.2. The summed E-state index contributed by atoms with van der Waals surface area (Å²) in [6.45, 7) is 3.37. The zero-order valence-corrected chi connectivity index (χ0v) is 14.6. The second kappa shape index (κ2) is 6.96. The Morgan fingerprint density at radius 3 is 2.73 bits per heavy atom. The van der Waals surface area contributed by atoms with Gasteiger partial charge < -0.3 is 10.2 Å². The van der Waals surface area contributed by atoms with Gasteiger partial charge in [0.2, 0.25) is 0 Å². The molecule has 2 aromatic carbocycles. The lowest BCUT2D eigenvalue weighted by Crippen LogP contribution is -2.36. The third-order valence-corrected chi connectivity index (χ3v) is 4.59. The zero-order valence-electron chi connectivity index (χ0n) is 14.6. The minimum absolute atomic E-state index is 0.0609. The Bertz CT molecular complexity index is 954. The quantitative estimate of drug-likeness (QED) is 0.786. The number of anilines is 2. The van der Waals surface area contributed by atoms with Crippen molar-refractivity contribution in [2.24, 2.45) is 0 Å². The van der Waals surface area contributed by atoms with Crippen LogP contribution in [0.5, 0.6) is 0 Å². The van der Waals surface area contributed by atoms with Crippen LogP contribution in [0.15, 0.2) is 60.9 Å². The Kier molecular flexibility index (Phi) is 4.35. The maximum Gasteiger partial charge on any atom is 0.272 e. The average molecular weight is 344 g/mol. The molecule has 1 aliphatic rings. The van der Waals surface area contributed by atoms with Crippen molar-refractivity contribution in [1.82, 2.24) is 14.9 Å². The minimum atomic E-state index is -0.0609. The van der Waals surface area contributed by atoms with E-state index < -0.39 is 0 Å². The predicted molar refractivity (Wildman–Crippen MR) is 101 cm³/mol. The molecule has 0 atom stereocenters. The number of aryl methyl sites for hydroxylation is 1. The largest absolute Gasteiger partial charge is 0.340 e. The van der Waals surface area contributed by atoms with Crippen LogP contribution in [0.2, 0.25) is 0 Å². The fourth-order valence-electron chi connectivity index (χ4n) is 3.24. The molecule has 0 unspecified atom stereocenters. The molecule has 0 aliphatic carbocycles. The van der Waals surface area contributed by atoms with Gasteiger partial charge in [-0.05, 0) is 42.2 Å². The topological polar surface area (TPSA) is 58.1 Å². The predicted octanol–water partition coefficient (Wildman–Crippen LogP) is 3.73. The second-order valence-electron chi connectivity index (χ2n) is 6.53. The molecule has 0 radical (unpaired) electrons. The molecule has 1 amide bonds.